The zero-order valence-corrected chi connectivity index (χ0v) is 13.7. The van der Waals surface area contributed by atoms with E-state index in [1.165, 1.54) is 12.1 Å². The van der Waals surface area contributed by atoms with Gasteiger partial charge in [0.05, 0.1) is 11.0 Å². The molecule has 0 unspecified atom stereocenters. The molecule has 1 aliphatic carbocycles. The molecule has 1 saturated carbocycles. The number of amides is 3. The Morgan fingerprint density at radius 1 is 1.08 bits per heavy atom. The van der Waals surface area contributed by atoms with Crippen LogP contribution in [0.4, 0.5) is 4.79 Å². The van der Waals surface area contributed by atoms with Crippen molar-refractivity contribution in [3.05, 3.63) is 35.4 Å². The number of carboxylic acid groups (broad SMARTS) is 1. The fourth-order valence-corrected chi connectivity index (χ4v) is 2.70. The molecule has 0 atom stereocenters. The van der Waals surface area contributed by atoms with Gasteiger partial charge in [-0.25, -0.2) is 9.59 Å². The van der Waals surface area contributed by atoms with Crippen molar-refractivity contribution in [1.29, 1.82) is 0 Å². The van der Waals surface area contributed by atoms with Crippen LogP contribution in [0.25, 0.3) is 0 Å². The number of carboxylic acids is 1. The molecule has 130 valence electrons. The lowest BCUT2D eigenvalue weighted by atomic mass is 9.68. The highest BCUT2D eigenvalue weighted by Crippen LogP contribution is 2.40. The van der Waals surface area contributed by atoms with Crippen molar-refractivity contribution < 1.29 is 19.5 Å². The van der Waals surface area contributed by atoms with Crippen molar-refractivity contribution in [2.75, 3.05) is 13.1 Å². The van der Waals surface area contributed by atoms with Gasteiger partial charge < -0.3 is 21.1 Å². The lowest BCUT2D eigenvalue weighted by Gasteiger charge is -2.40. The normalized spacial score (nSPS) is 15.0. The van der Waals surface area contributed by atoms with Crippen molar-refractivity contribution in [3.63, 3.8) is 0 Å². The molecule has 0 radical (unpaired) electrons. The van der Waals surface area contributed by atoms with Crippen molar-refractivity contribution in [2.45, 2.75) is 32.7 Å². The Morgan fingerprint density at radius 2 is 1.75 bits per heavy atom. The van der Waals surface area contributed by atoms with Crippen molar-refractivity contribution in [2.24, 2.45) is 5.41 Å². The molecule has 1 aromatic rings. The molecule has 0 spiro atoms. The van der Waals surface area contributed by atoms with Gasteiger partial charge in [0.1, 0.15) is 0 Å². The van der Waals surface area contributed by atoms with Gasteiger partial charge in [0.2, 0.25) is 5.91 Å². The molecule has 7 heteroatoms. The standard InChI is InChI=1S/C17H23N3O4/c1-2-18-15(23)17(8-3-9-17)11-20-16(24)19-10-12-4-6-13(7-5-12)14(21)22/h4-7H,2-3,8-11H2,1H3,(H,18,23)(H,21,22)(H2,19,20,24). The van der Waals surface area contributed by atoms with E-state index in [1.54, 1.807) is 12.1 Å². The Morgan fingerprint density at radius 3 is 2.25 bits per heavy atom. The Balaban J connectivity index is 1.78. The first-order valence-electron chi connectivity index (χ1n) is 8.09. The number of benzene rings is 1. The van der Waals surface area contributed by atoms with Crippen molar-refractivity contribution >= 4 is 17.9 Å². The van der Waals surface area contributed by atoms with Crippen LogP contribution in [-0.4, -0.2) is 36.1 Å². The maximum Gasteiger partial charge on any atom is 0.335 e. The summed E-state index contributed by atoms with van der Waals surface area (Å²) in [5.74, 6) is -0.982. The van der Waals surface area contributed by atoms with Crippen LogP contribution < -0.4 is 16.0 Å². The van der Waals surface area contributed by atoms with E-state index >= 15 is 0 Å². The molecule has 3 amide bonds. The molecule has 0 aromatic heterocycles. The minimum Gasteiger partial charge on any atom is -0.478 e. The number of nitrogens with one attached hydrogen (secondary N) is 3. The number of hydrogen-bond donors (Lipinski definition) is 4. The largest absolute Gasteiger partial charge is 0.478 e. The predicted molar refractivity (Wildman–Crippen MR) is 88.6 cm³/mol. The van der Waals surface area contributed by atoms with E-state index in [4.69, 9.17) is 5.11 Å². The third kappa shape index (κ3) is 4.24. The van der Waals surface area contributed by atoms with E-state index in [0.29, 0.717) is 19.6 Å². The summed E-state index contributed by atoms with van der Waals surface area (Å²) in [6.07, 6.45) is 2.57. The summed E-state index contributed by atoms with van der Waals surface area (Å²) in [5, 5.41) is 17.1. The lowest BCUT2D eigenvalue weighted by Crippen LogP contribution is -2.53. The fourth-order valence-electron chi connectivity index (χ4n) is 2.70. The molecule has 7 nitrogen and oxygen atoms in total. The second kappa shape index (κ2) is 7.81. The highest BCUT2D eigenvalue weighted by Gasteiger charge is 2.43. The molecule has 0 bridgehead atoms. The van der Waals surface area contributed by atoms with Crippen LogP contribution in [0, 0.1) is 5.41 Å². The smallest absolute Gasteiger partial charge is 0.335 e. The van der Waals surface area contributed by atoms with Crippen LogP contribution in [0.1, 0.15) is 42.1 Å². The molecular weight excluding hydrogens is 310 g/mol. The van der Waals surface area contributed by atoms with Crippen LogP contribution >= 0.6 is 0 Å². The lowest BCUT2D eigenvalue weighted by molar-refractivity contribution is -0.135. The maximum atomic E-state index is 12.1. The summed E-state index contributed by atoms with van der Waals surface area (Å²) in [4.78, 5) is 34.8. The molecule has 4 N–H and O–H groups in total. The second-order valence-electron chi connectivity index (χ2n) is 6.03. The summed E-state index contributed by atoms with van der Waals surface area (Å²) in [5.41, 5.74) is 0.533. The first kappa shape index (κ1) is 17.8. The SMILES string of the molecule is CCNC(=O)C1(CNC(=O)NCc2ccc(C(=O)O)cc2)CCC1. The predicted octanol–water partition coefficient (Wildman–Crippen LogP) is 1.49. The average Bonchev–Trinajstić information content (AvgIpc) is 2.52. The number of urea groups is 1. The molecule has 1 aromatic carbocycles. The molecule has 0 saturated heterocycles. The summed E-state index contributed by atoms with van der Waals surface area (Å²) in [7, 11) is 0. The Hall–Kier alpha value is -2.57. The van der Waals surface area contributed by atoms with Gasteiger partial charge in [-0.05, 0) is 37.5 Å². The van der Waals surface area contributed by atoms with E-state index in [0.717, 1.165) is 24.8 Å². The summed E-state index contributed by atoms with van der Waals surface area (Å²) >= 11 is 0. The van der Waals surface area contributed by atoms with Crippen LogP contribution in [0.2, 0.25) is 0 Å². The highest BCUT2D eigenvalue weighted by molar-refractivity contribution is 5.87. The summed E-state index contributed by atoms with van der Waals surface area (Å²) in [6.45, 7) is 3.07. The van der Waals surface area contributed by atoms with E-state index in [2.05, 4.69) is 16.0 Å². The average molecular weight is 333 g/mol. The van der Waals surface area contributed by atoms with Crippen LogP contribution in [-0.2, 0) is 11.3 Å². The number of hydrogen-bond acceptors (Lipinski definition) is 3. The van der Waals surface area contributed by atoms with E-state index in [-0.39, 0.29) is 17.5 Å². The zero-order chi connectivity index (χ0) is 17.6. The molecule has 0 heterocycles. The Labute approximate surface area is 140 Å². The van der Waals surface area contributed by atoms with Crippen LogP contribution in [0.15, 0.2) is 24.3 Å². The number of carbonyl (C=O) groups excluding carboxylic acids is 2. The molecule has 2 rings (SSSR count). The molecule has 0 aliphatic heterocycles. The summed E-state index contributed by atoms with van der Waals surface area (Å²) < 4.78 is 0. The van der Waals surface area contributed by atoms with Gasteiger partial charge in [-0.3, -0.25) is 4.79 Å². The maximum absolute atomic E-state index is 12.1. The fraction of sp³-hybridized carbons (Fsp3) is 0.471. The highest BCUT2D eigenvalue weighted by atomic mass is 16.4. The van der Waals surface area contributed by atoms with E-state index in [1.807, 2.05) is 6.92 Å². The van der Waals surface area contributed by atoms with Crippen molar-refractivity contribution in [3.8, 4) is 0 Å². The molecular formula is C17H23N3O4. The first-order valence-corrected chi connectivity index (χ1v) is 8.09. The molecule has 1 fully saturated rings. The van der Waals surface area contributed by atoms with Gasteiger partial charge in [-0.15, -0.1) is 0 Å². The van der Waals surface area contributed by atoms with Gasteiger partial charge in [-0.1, -0.05) is 18.6 Å². The Kier molecular flexibility index (Phi) is 5.78. The van der Waals surface area contributed by atoms with Crippen molar-refractivity contribution in [1.82, 2.24) is 16.0 Å². The van der Waals surface area contributed by atoms with Crippen LogP contribution in [0.3, 0.4) is 0 Å². The van der Waals surface area contributed by atoms with E-state index in [9.17, 15) is 14.4 Å². The van der Waals surface area contributed by atoms with Gasteiger partial charge in [-0.2, -0.15) is 0 Å². The number of rotatable bonds is 7. The third-order valence-corrected chi connectivity index (χ3v) is 4.37. The molecule has 24 heavy (non-hydrogen) atoms. The van der Waals surface area contributed by atoms with Gasteiger partial charge in [0, 0.05) is 19.6 Å². The quantitative estimate of drug-likeness (QED) is 0.606. The zero-order valence-electron chi connectivity index (χ0n) is 13.7. The third-order valence-electron chi connectivity index (χ3n) is 4.37. The topological polar surface area (TPSA) is 108 Å². The number of aromatic carboxylic acids is 1. The minimum absolute atomic E-state index is 0.000749. The van der Waals surface area contributed by atoms with Gasteiger partial charge >= 0.3 is 12.0 Å². The summed E-state index contributed by atoms with van der Waals surface area (Å²) in [6, 6.07) is 5.97. The second-order valence-corrected chi connectivity index (χ2v) is 6.03. The van der Waals surface area contributed by atoms with Gasteiger partial charge in [0.25, 0.3) is 0 Å². The first-order chi connectivity index (χ1) is 11.5. The Bertz CT molecular complexity index is 609. The number of carbonyl (C=O) groups is 3. The van der Waals surface area contributed by atoms with Crippen LogP contribution in [0.5, 0.6) is 0 Å². The van der Waals surface area contributed by atoms with Gasteiger partial charge in [0.15, 0.2) is 0 Å². The monoisotopic (exact) mass is 333 g/mol. The van der Waals surface area contributed by atoms with E-state index < -0.39 is 11.4 Å². The molecule has 1 aliphatic rings. The minimum atomic E-state index is -0.983.